The van der Waals surface area contributed by atoms with E-state index < -0.39 is 22.6 Å². The molecule has 8 nitrogen and oxygen atoms in total. The van der Waals surface area contributed by atoms with E-state index in [1.165, 1.54) is 26.0 Å². The second-order valence-electron chi connectivity index (χ2n) is 7.12. The van der Waals surface area contributed by atoms with Gasteiger partial charge in [-0.2, -0.15) is 0 Å². The highest BCUT2D eigenvalue weighted by Gasteiger charge is 2.39. The Balaban J connectivity index is 2.39. The van der Waals surface area contributed by atoms with Gasteiger partial charge in [-0.25, -0.2) is 9.59 Å². The molecule has 2 rings (SSSR count). The van der Waals surface area contributed by atoms with Gasteiger partial charge in [-0.15, -0.1) is 0 Å². The minimum absolute atomic E-state index is 0.108. The summed E-state index contributed by atoms with van der Waals surface area (Å²) in [7, 11) is 0. The Kier molecular flexibility index (Phi) is 4.57. The molecule has 1 heterocycles. The third-order valence-electron chi connectivity index (χ3n) is 3.51. The SMILES string of the molecule is CC1(C)OC(=O)C(=CNc2cc([N+](=O)[O-])ccc2C(C)(C)C)C(=O)O1. The summed E-state index contributed by atoms with van der Waals surface area (Å²) in [6, 6.07) is 4.39. The van der Waals surface area contributed by atoms with Gasteiger partial charge in [0.25, 0.3) is 11.5 Å². The monoisotopic (exact) mass is 348 g/mol. The molecule has 1 saturated heterocycles. The summed E-state index contributed by atoms with van der Waals surface area (Å²) in [5.41, 5.74) is 0.466. The molecule has 134 valence electrons. The smallest absolute Gasteiger partial charge is 0.350 e. The number of cyclic esters (lactones) is 2. The van der Waals surface area contributed by atoms with Crippen LogP contribution in [0.2, 0.25) is 0 Å². The van der Waals surface area contributed by atoms with E-state index in [1.807, 2.05) is 20.8 Å². The highest BCUT2D eigenvalue weighted by molar-refractivity contribution is 6.15. The molecule has 0 unspecified atom stereocenters. The van der Waals surface area contributed by atoms with Crippen LogP contribution in [0.15, 0.2) is 30.0 Å². The summed E-state index contributed by atoms with van der Waals surface area (Å²) in [6.07, 6.45) is 1.15. The molecule has 1 aliphatic rings. The van der Waals surface area contributed by atoms with Gasteiger partial charge in [-0.1, -0.05) is 20.8 Å². The highest BCUT2D eigenvalue weighted by atomic mass is 16.7. The Labute approximate surface area is 145 Å². The maximum Gasteiger partial charge on any atom is 0.350 e. The average Bonchev–Trinajstić information content (AvgIpc) is 2.43. The van der Waals surface area contributed by atoms with Gasteiger partial charge in [0.2, 0.25) is 0 Å². The van der Waals surface area contributed by atoms with E-state index in [4.69, 9.17) is 9.47 Å². The zero-order chi connectivity index (χ0) is 19.0. The zero-order valence-electron chi connectivity index (χ0n) is 14.7. The second kappa shape index (κ2) is 6.19. The number of anilines is 1. The van der Waals surface area contributed by atoms with Crippen molar-refractivity contribution in [3.05, 3.63) is 45.6 Å². The van der Waals surface area contributed by atoms with Crippen LogP contribution in [0, 0.1) is 10.1 Å². The first-order valence-electron chi connectivity index (χ1n) is 7.63. The van der Waals surface area contributed by atoms with Crippen molar-refractivity contribution in [2.75, 3.05) is 5.32 Å². The normalized spacial score (nSPS) is 16.8. The maximum absolute atomic E-state index is 12.0. The number of non-ortho nitro benzene ring substituents is 1. The van der Waals surface area contributed by atoms with Gasteiger partial charge >= 0.3 is 11.9 Å². The van der Waals surface area contributed by atoms with E-state index in [0.29, 0.717) is 5.69 Å². The molecule has 1 aromatic rings. The second-order valence-corrected chi connectivity index (χ2v) is 7.12. The van der Waals surface area contributed by atoms with Crippen molar-refractivity contribution < 1.29 is 24.0 Å². The van der Waals surface area contributed by atoms with Crippen molar-refractivity contribution in [3.63, 3.8) is 0 Å². The minimum atomic E-state index is -1.33. The van der Waals surface area contributed by atoms with Crippen LogP contribution in [0.3, 0.4) is 0 Å². The maximum atomic E-state index is 12.0. The summed E-state index contributed by atoms with van der Waals surface area (Å²) in [5, 5.41) is 13.8. The van der Waals surface area contributed by atoms with Crippen LogP contribution in [-0.2, 0) is 24.5 Å². The molecule has 0 radical (unpaired) electrons. The predicted octanol–water partition coefficient (Wildman–Crippen LogP) is 3.02. The third kappa shape index (κ3) is 4.14. The first kappa shape index (κ1) is 18.4. The van der Waals surface area contributed by atoms with Crippen molar-refractivity contribution in [2.45, 2.75) is 45.8 Å². The van der Waals surface area contributed by atoms with Crippen LogP contribution in [0.25, 0.3) is 0 Å². The molecule has 25 heavy (non-hydrogen) atoms. The molecule has 1 aliphatic heterocycles. The number of nitro groups is 1. The lowest BCUT2D eigenvalue weighted by Gasteiger charge is -2.29. The van der Waals surface area contributed by atoms with Crippen molar-refractivity contribution in [2.24, 2.45) is 0 Å². The van der Waals surface area contributed by atoms with Gasteiger partial charge in [0.15, 0.2) is 5.57 Å². The Morgan fingerprint density at radius 1 is 1.16 bits per heavy atom. The molecule has 0 amide bonds. The van der Waals surface area contributed by atoms with E-state index in [0.717, 1.165) is 11.8 Å². The first-order valence-corrected chi connectivity index (χ1v) is 7.63. The number of benzene rings is 1. The van der Waals surface area contributed by atoms with Crippen molar-refractivity contribution >= 4 is 23.3 Å². The average molecular weight is 348 g/mol. The fourth-order valence-corrected chi connectivity index (χ4v) is 2.35. The fourth-order valence-electron chi connectivity index (χ4n) is 2.35. The molecule has 0 aromatic heterocycles. The number of nitrogens with one attached hydrogen (secondary N) is 1. The molecule has 0 spiro atoms. The fraction of sp³-hybridized carbons (Fsp3) is 0.412. The van der Waals surface area contributed by atoms with Gasteiger partial charge in [0.1, 0.15) is 0 Å². The zero-order valence-corrected chi connectivity index (χ0v) is 14.7. The Morgan fingerprint density at radius 2 is 1.72 bits per heavy atom. The summed E-state index contributed by atoms with van der Waals surface area (Å²) >= 11 is 0. The summed E-state index contributed by atoms with van der Waals surface area (Å²) in [6.45, 7) is 8.73. The van der Waals surface area contributed by atoms with Crippen LogP contribution in [0.1, 0.15) is 40.2 Å². The molecule has 0 bridgehead atoms. The number of nitrogens with zero attached hydrogens (tertiary/aromatic N) is 1. The Bertz CT molecular complexity index is 752. The first-order chi connectivity index (χ1) is 11.4. The van der Waals surface area contributed by atoms with Crippen LogP contribution < -0.4 is 5.32 Å². The highest BCUT2D eigenvalue weighted by Crippen LogP contribution is 2.33. The molecule has 8 heteroatoms. The Morgan fingerprint density at radius 3 is 2.20 bits per heavy atom. The lowest BCUT2D eigenvalue weighted by atomic mass is 9.85. The summed E-state index contributed by atoms with van der Waals surface area (Å²) in [4.78, 5) is 34.4. The third-order valence-corrected chi connectivity index (χ3v) is 3.51. The molecule has 0 aliphatic carbocycles. The van der Waals surface area contributed by atoms with Gasteiger partial charge in [0, 0.05) is 37.9 Å². The molecule has 0 saturated carbocycles. The van der Waals surface area contributed by atoms with Gasteiger partial charge in [0.05, 0.1) is 4.92 Å². The molecule has 0 atom stereocenters. The summed E-state index contributed by atoms with van der Waals surface area (Å²) < 4.78 is 10.0. The van der Waals surface area contributed by atoms with Crippen molar-refractivity contribution in [1.29, 1.82) is 0 Å². The van der Waals surface area contributed by atoms with E-state index in [1.54, 1.807) is 6.07 Å². The molecule has 1 N–H and O–H groups in total. The quantitative estimate of drug-likeness (QED) is 0.294. The van der Waals surface area contributed by atoms with E-state index >= 15 is 0 Å². The minimum Gasteiger partial charge on any atom is -0.419 e. The van der Waals surface area contributed by atoms with Crippen LogP contribution in [-0.4, -0.2) is 22.6 Å². The standard InChI is InChI=1S/C17H20N2O6/c1-16(2,3)12-7-6-10(19(22)23)8-13(12)18-9-11-14(20)24-17(4,5)25-15(11)21/h6-9,18H,1-5H3. The topological polar surface area (TPSA) is 108 Å². The van der Waals surface area contributed by atoms with E-state index in [9.17, 15) is 19.7 Å². The molecule has 1 fully saturated rings. The van der Waals surface area contributed by atoms with Crippen molar-refractivity contribution in [1.82, 2.24) is 0 Å². The van der Waals surface area contributed by atoms with E-state index in [-0.39, 0.29) is 16.7 Å². The van der Waals surface area contributed by atoms with Crippen LogP contribution in [0.4, 0.5) is 11.4 Å². The van der Waals surface area contributed by atoms with Gasteiger partial charge < -0.3 is 14.8 Å². The number of esters is 2. The number of hydrogen-bond donors (Lipinski definition) is 1. The molecular weight excluding hydrogens is 328 g/mol. The largest absolute Gasteiger partial charge is 0.419 e. The number of hydrogen-bond acceptors (Lipinski definition) is 7. The molecule has 1 aromatic carbocycles. The molecular formula is C17H20N2O6. The number of rotatable bonds is 3. The summed E-state index contributed by atoms with van der Waals surface area (Å²) in [5.74, 6) is -2.97. The van der Waals surface area contributed by atoms with E-state index in [2.05, 4.69) is 5.32 Å². The van der Waals surface area contributed by atoms with Crippen molar-refractivity contribution in [3.8, 4) is 0 Å². The lowest BCUT2D eigenvalue weighted by Crippen LogP contribution is -2.42. The number of carbonyl (C=O) groups excluding carboxylic acids is 2. The van der Waals surface area contributed by atoms with Gasteiger partial charge in [-0.3, -0.25) is 10.1 Å². The van der Waals surface area contributed by atoms with Gasteiger partial charge in [-0.05, 0) is 17.0 Å². The number of nitro benzene ring substituents is 1. The van der Waals surface area contributed by atoms with Crippen LogP contribution >= 0.6 is 0 Å². The predicted molar refractivity (Wildman–Crippen MR) is 89.8 cm³/mol. The van der Waals surface area contributed by atoms with Crippen LogP contribution in [0.5, 0.6) is 0 Å². The number of carbonyl (C=O) groups is 2. The number of ether oxygens (including phenoxy) is 2. The lowest BCUT2D eigenvalue weighted by molar-refractivity contribution is -0.384. The Hall–Kier alpha value is -2.90.